The highest BCUT2D eigenvalue weighted by Gasteiger charge is 2.22. The van der Waals surface area contributed by atoms with E-state index < -0.39 is 16.8 Å². The van der Waals surface area contributed by atoms with Crippen molar-refractivity contribution >= 4 is 68.1 Å². The predicted molar refractivity (Wildman–Crippen MR) is 164 cm³/mol. The first-order chi connectivity index (χ1) is 20.8. The Labute approximate surface area is 252 Å². The highest BCUT2D eigenvalue weighted by atomic mass is 35.5. The monoisotopic (exact) mass is 616 g/mol. The van der Waals surface area contributed by atoms with Crippen molar-refractivity contribution < 1.29 is 22.7 Å². The van der Waals surface area contributed by atoms with E-state index >= 15 is 0 Å². The van der Waals surface area contributed by atoms with Crippen LogP contribution in [-0.2, 0) is 10.9 Å². The predicted octanol–water partition coefficient (Wildman–Crippen LogP) is 6.15. The van der Waals surface area contributed by atoms with Gasteiger partial charge in [-0.2, -0.15) is 0 Å². The molecule has 0 aliphatic carbocycles. The van der Waals surface area contributed by atoms with Gasteiger partial charge in [-0.05, 0) is 48.5 Å². The fourth-order valence-corrected chi connectivity index (χ4v) is 4.81. The van der Waals surface area contributed by atoms with Crippen molar-refractivity contribution in [1.29, 1.82) is 0 Å². The fraction of sp³-hybridized carbons (Fsp3) is 0.0690. The number of rotatable bonds is 9. The molecular weight excluding hydrogens is 594 g/mol. The van der Waals surface area contributed by atoms with Crippen LogP contribution < -0.4 is 24.0 Å². The summed E-state index contributed by atoms with van der Waals surface area (Å²) in [4.78, 5) is 25.2. The minimum atomic E-state index is -3.27. The van der Waals surface area contributed by atoms with E-state index in [4.69, 9.17) is 21.1 Å². The normalized spacial score (nSPS) is 10.6. The lowest BCUT2D eigenvalue weighted by Gasteiger charge is -2.20. The van der Waals surface area contributed by atoms with Crippen molar-refractivity contribution in [1.82, 2.24) is 14.9 Å². The molecule has 0 fully saturated rings. The second-order valence-electron chi connectivity index (χ2n) is 8.79. The summed E-state index contributed by atoms with van der Waals surface area (Å²) < 4.78 is 37.2. The molecule has 0 bridgehead atoms. The van der Waals surface area contributed by atoms with Gasteiger partial charge < -0.3 is 14.8 Å². The molecule has 0 aliphatic heterocycles. The van der Waals surface area contributed by atoms with Crippen LogP contribution in [0.1, 0.15) is 10.4 Å². The van der Waals surface area contributed by atoms with Crippen molar-refractivity contribution in [3.8, 4) is 11.5 Å². The van der Waals surface area contributed by atoms with Crippen molar-refractivity contribution in [2.75, 3.05) is 23.8 Å². The topological polar surface area (TPSA) is 150 Å². The van der Waals surface area contributed by atoms with E-state index in [1.807, 2.05) is 0 Å². The smallest absolute Gasteiger partial charge is 0.360 e. The second kappa shape index (κ2) is 13.1. The number of anilines is 4. The lowest BCUT2D eigenvalue weighted by molar-refractivity contribution is 0.0992. The fourth-order valence-electron chi connectivity index (χ4n) is 4.01. The molecule has 0 spiro atoms. The van der Waals surface area contributed by atoms with Crippen LogP contribution in [0.15, 0.2) is 101 Å². The summed E-state index contributed by atoms with van der Waals surface area (Å²) in [6.07, 6.45) is 0. The molecule has 1 aromatic heterocycles. The summed E-state index contributed by atoms with van der Waals surface area (Å²) >= 11 is 5.93. The third kappa shape index (κ3) is 6.93. The van der Waals surface area contributed by atoms with Crippen LogP contribution in [0.25, 0.3) is 11.0 Å². The molecule has 0 saturated heterocycles. The average Bonchev–Trinajstić information content (AvgIpc) is 3.01. The number of methoxy groups -OCH3 is 2. The summed E-state index contributed by atoms with van der Waals surface area (Å²) in [6.45, 7) is 0. The minimum Gasteiger partial charge on any atom is -0.497 e. The molecular formula is C29H23ClN7O5S+. The van der Waals surface area contributed by atoms with Crippen LogP contribution in [0.2, 0.25) is 5.02 Å². The molecule has 216 valence electrons. The zero-order chi connectivity index (χ0) is 30.3. The Morgan fingerprint density at radius 3 is 2.26 bits per heavy atom. The van der Waals surface area contributed by atoms with Crippen LogP contribution >= 0.6 is 11.6 Å². The Morgan fingerprint density at radius 1 is 0.884 bits per heavy atom. The first-order valence-corrected chi connectivity index (χ1v) is 14.1. The number of fused-ring (bicyclic) bond motifs is 1. The summed E-state index contributed by atoms with van der Waals surface area (Å²) in [7, 11) is -0.227. The number of benzene rings is 4. The number of carbonyl (C=O) groups excluding carboxylic acids is 1. The maximum absolute atomic E-state index is 12.7. The summed E-state index contributed by atoms with van der Waals surface area (Å²) in [5.41, 5.74) is 2.22. The zero-order valence-corrected chi connectivity index (χ0v) is 24.4. The van der Waals surface area contributed by atoms with Gasteiger partial charge in [0.15, 0.2) is 22.4 Å². The van der Waals surface area contributed by atoms with Crippen LogP contribution in [0, 0.1) is 0 Å². The number of aromatic nitrogens is 2. The van der Waals surface area contributed by atoms with Gasteiger partial charge >= 0.3 is 5.91 Å². The number of hydrogen-bond acceptors (Lipinski definition) is 9. The summed E-state index contributed by atoms with van der Waals surface area (Å²) in [6, 6.07) is 24.6. The third-order valence-corrected chi connectivity index (χ3v) is 6.95. The number of hydrogen-bond donors (Lipinski definition) is 2. The van der Waals surface area contributed by atoms with E-state index in [0.717, 1.165) is 4.31 Å². The maximum atomic E-state index is 12.7. The van der Waals surface area contributed by atoms with Gasteiger partial charge in [-0.3, -0.25) is 4.79 Å². The highest BCUT2D eigenvalue weighted by Crippen LogP contribution is 2.36. The molecule has 5 aromatic rings. The van der Waals surface area contributed by atoms with Crippen LogP contribution in [0.3, 0.4) is 0 Å². The van der Waals surface area contributed by atoms with Gasteiger partial charge in [0.2, 0.25) is 20.9 Å². The molecule has 0 unspecified atom stereocenters. The van der Waals surface area contributed by atoms with Gasteiger partial charge in [0.25, 0.3) is 0 Å². The van der Waals surface area contributed by atoms with Gasteiger partial charge in [-0.1, -0.05) is 35.9 Å². The number of amides is 1. The number of ether oxygens (including phenoxy) is 2. The molecule has 43 heavy (non-hydrogen) atoms. The zero-order valence-electron chi connectivity index (χ0n) is 22.7. The molecule has 1 N–H and O–H groups in total. The van der Waals surface area contributed by atoms with E-state index in [0.29, 0.717) is 33.2 Å². The number of nitrogens with one attached hydrogen (secondary N) is 1. The van der Waals surface area contributed by atoms with E-state index in [2.05, 4.69) is 30.4 Å². The van der Waals surface area contributed by atoms with Crippen LogP contribution in [-0.4, -0.2) is 38.5 Å². The van der Waals surface area contributed by atoms with E-state index in [1.165, 1.54) is 26.4 Å². The maximum Gasteiger partial charge on any atom is 0.360 e. The molecule has 1 amide bonds. The number of nitrogens with zero attached hydrogens (tertiary/aromatic N) is 6. The number of halogens is 1. The molecule has 1 heterocycles. The largest absolute Gasteiger partial charge is 0.497 e. The van der Waals surface area contributed by atoms with E-state index in [9.17, 15) is 13.2 Å². The van der Waals surface area contributed by atoms with Gasteiger partial charge in [0.1, 0.15) is 11.5 Å². The molecule has 4 aromatic carbocycles. The Morgan fingerprint density at radius 2 is 1.58 bits per heavy atom. The Kier molecular flexibility index (Phi) is 8.87. The first kappa shape index (κ1) is 29.1. The summed E-state index contributed by atoms with van der Waals surface area (Å²) in [5, 5.41) is 11.1. The SMILES string of the molecule is COc1cc(Nc2nc3ccccc3nc2N(c2cccc(N=[N+]=NC(=O)c3cccc(Cl)c3)c2)[SH](=O)=O)cc(OC)c1. The molecule has 0 atom stereocenters. The summed E-state index contributed by atoms with van der Waals surface area (Å²) in [5.74, 6) is 0.555. The Hall–Kier alpha value is -5.36. The molecule has 0 radical (unpaired) electrons. The molecule has 0 saturated carbocycles. The minimum absolute atomic E-state index is 0.00603. The third-order valence-electron chi connectivity index (χ3n) is 5.97. The second-order valence-corrected chi connectivity index (χ2v) is 10.1. The van der Waals surface area contributed by atoms with Crippen LogP contribution in [0.4, 0.5) is 28.7 Å². The molecule has 12 nitrogen and oxygen atoms in total. The van der Waals surface area contributed by atoms with Gasteiger partial charge in [0.05, 0.1) is 36.5 Å². The molecule has 0 aliphatic rings. The molecule has 14 heteroatoms. The number of carbonyl (C=O) groups is 1. The Bertz CT molecular complexity index is 1950. The lowest BCUT2D eigenvalue weighted by atomic mass is 10.2. The number of thiol groups is 1. The van der Waals surface area contributed by atoms with Crippen molar-refractivity contribution in [2.45, 2.75) is 0 Å². The van der Waals surface area contributed by atoms with Crippen molar-refractivity contribution in [3.63, 3.8) is 0 Å². The average molecular weight is 617 g/mol. The van der Waals surface area contributed by atoms with E-state index in [1.54, 1.807) is 78.9 Å². The van der Waals surface area contributed by atoms with Crippen LogP contribution in [0.5, 0.6) is 11.5 Å². The lowest BCUT2D eigenvalue weighted by Crippen LogP contribution is -2.18. The highest BCUT2D eigenvalue weighted by molar-refractivity contribution is 7.74. The van der Waals surface area contributed by atoms with Gasteiger partial charge in [0, 0.05) is 28.9 Å². The molecule has 5 rings (SSSR count). The quantitative estimate of drug-likeness (QED) is 0.114. The van der Waals surface area contributed by atoms with Gasteiger partial charge in [-0.25, -0.2) is 22.7 Å². The van der Waals surface area contributed by atoms with Crippen molar-refractivity contribution in [2.24, 2.45) is 10.2 Å². The number of para-hydroxylation sites is 2. The standard InChI is InChI=1S/C29H22ClN7O5S/c1-41-23-15-21(16-24(17-23)42-2)31-27-28(33-26-12-4-3-11-25(26)32-27)37(43(39)40)22-10-6-9-20(14-22)34-36-35-29(38)18-7-5-8-19(30)13-18/h3-17,43H,1-2H3/p+1. The van der Waals surface area contributed by atoms with Crippen molar-refractivity contribution in [3.05, 3.63) is 102 Å². The van der Waals surface area contributed by atoms with E-state index in [-0.39, 0.29) is 28.6 Å². The van der Waals surface area contributed by atoms with Gasteiger partial charge in [-0.15, -0.1) is 0 Å². The first-order valence-electron chi connectivity index (χ1n) is 12.6. The Balaban J connectivity index is 1.55.